The SMILES string of the molecule is COC[C@@H](C)C(=O)N(C)c1ccc(S(=O)(=O)N(C)C(C)C)cc1. The lowest BCUT2D eigenvalue weighted by Crippen LogP contribution is -2.34. The van der Waals surface area contributed by atoms with Gasteiger partial charge in [-0.3, -0.25) is 4.79 Å². The lowest BCUT2D eigenvalue weighted by molar-refractivity contribution is -0.123. The van der Waals surface area contributed by atoms with Crippen molar-refractivity contribution in [2.45, 2.75) is 31.7 Å². The predicted molar refractivity (Wildman–Crippen MR) is 91.0 cm³/mol. The summed E-state index contributed by atoms with van der Waals surface area (Å²) >= 11 is 0. The van der Waals surface area contributed by atoms with Crippen LogP contribution in [-0.2, 0) is 19.6 Å². The van der Waals surface area contributed by atoms with Crippen molar-refractivity contribution in [2.75, 3.05) is 32.7 Å². The van der Waals surface area contributed by atoms with E-state index in [0.717, 1.165) is 0 Å². The van der Waals surface area contributed by atoms with Crippen LogP contribution >= 0.6 is 0 Å². The van der Waals surface area contributed by atoms with Crippen LogP contribution in [0.4, 0.5) is 5.69 Å². The topological polar surface area (TPSA) is 66.9 Å². The first-order valence-corrected chi connectivity index (χ1v) is 8.91. The van der Waals surface area contributed by atoms with Crippen molar-refractivity contribution in [3.05, 3.63) is 24.3 Å². The molecule has 1 amide bonds. The molecule has 1 atom stereocenters. The van der Waals surface area contributed by atoms with E-state index in [2.05, 4.69) is 0 Å². The summed E-state index contributed by atoms with van der Waals surface area (Å²) in [7, 11) is 1.25. The highest BCUT2D eigenvalue weighted by Crippen LogP contribution is 2.21. The summed E-state index contributed by atoms with van der Waals surface area (Å²) in [5.74, 6) is -0.345. The molecule has 0 aliphatic carbocycles. The Hall–Kier alpha value is -1.44. The highest BCUT2D eigenvalue weighted by atomic mass is 32.2. The van der Waals surface area contributed by atoms with E-state index in [1.165, 1.54) is 21.3 Å². The average Bonchev–Trinajstić information content (AvgIpc) is 2.52. The fourth-order valence-electron chi connectivity index (χ4n) is 2.06. The van der Waals surface area contributed by atoms with Crippen molar-refractivity contribution in [1.82, 2.24) is 4.31 Å². The second-order valence-corrected chi connectivity index (χ2v) is 7.86. The molecule has 0 spiro atoms. The van der Waals surface area contributed by atoms with Gasteiger partial charge < -0.3 is 9.64 Å². The van der Waals surface area contributed by atoms with Gasteiger partial charge >= 0.3 is 0 Å². The van der Waals surface area contributed by atoms with Crippen molar-refractivity contribution in [3.8, 4) is 0 Å². The Morgan fingerprint density at radius 3 is 2.09 bits per heavy atom. The molecule has 0 unspecified atom stereocenters. The lowest BCUT2D eigenvalue weighted by Gasteiger charge is -2.23. The molecule has 7 heteroatoms. The summed E-state index contributed by atoms with van der Waals surface area (Å²) in [5.41, 5.74) is 0.643. The average molecular weight is 342 g/mol. The van der Waals surface area contributed by atoms with Crippen molar-refractivity contribution >= 4 is 21.6 Å². The second-order valence-electron chi connectivity index (χ2n) is 5.86. The van der Waals surface area contributed by atoms with Crippen LogP contribution < -0.4 is 4.90 Å². The summed E-state index contributed by atoms with van der Waals surface area (Å²) in [4.78, 5) is 13.9. The van der Waals surface area contributed by atoms with Gasteiger partial charge in [0.1, 0.15) is 0 Å². The van der Waals surface area contributed by atoms with E-state index < -0.39 is 10.0 Å². The molecule has 1 rings (SSSR count). The smallest absolute Gasteiger partial charge is 0.243 e. The number of hydrogen-bond donors (Lipinski definition) is 0. The third kappa shape index (κ3) is 4.53. The lowest BCUT2D eigenvalue weighted by atomic mass is 10.1. The van der Waals surface area contributed by atoms with Crippen LogP contribution in [0.3, 0.4) is 0 Å². The fraction of sp³-hybridized carbons (Fsp3) is 0.562. The Labute approximate surface area is 139 Å². The molecule has 0 bridgehead atoms. The molecular formula is C16H26N2O4S. The predicted octanol–water partition coefficient (Wildman–Crippen LogP) is 1.96. The molecule has 0 fully saturated rings. The van der Waals surface area contributed by atoms with E-state index in [9.17, 15) is 13.2 Å². The summed E-state index contributed by atoms with van der Waals surface area (Å²) in [6.45, 7) is 5.76. The van der Waals surface area contributed by atoms with Gasteiger partial charge in [-0.2, -0.15) is 4.31 Å². The summed E-state index contributed by atoms with van der Waals surface area (Å²) in [6.07, 6.45) is 0. The Balaban J connectivity index is 2.99. The molecule has 23 heavy (non-hydrogen) atoms. The number of nitrogens with zero attached hydrogens (tertiary/aromatic N) is 2. The Bertz CT molecular complexity index is 626. The number of sulfonamides is 1. The number of benzene rings is 1. The monoisotopic (exact) mass is 342 g/mol. The zero-order valence-corrected chi connectivity index (χ0v) is 15.4. The van der Waals surface area contributed by atoms with Crippen LogP contribution in [-0.4, -0.2) is 52.5 Å². The number of amides is 1. The van der Waals surface area contributed by atoms with E-state index in [0.29, 0.717) is 12.3 Å². The quantitative estimate of drug-likeness (QED) is 0.760. The van der Waals surface area contributed by atoms with E-state index in [4.69, 9.17) is 4.74 Å². The molecule has 0 N–H and O–H groups in total. The normalized spacial score (nSPS) is 13.4. The van der Waals surface area contributed by atoms with Crippen LogP contribution in [0.15, 0.2) is 29.2 Å². The third-order valence-electron chi connectivity index (χ3n) is 3.80. The Morgan fingerprint density at radius 2 is 1.65 bits per heavy atom. The first-order valence-electron chi connectivity index (χ1n) is 7.47. The molecule has 0 radical (unpaired) electrons. The molecule has 1 aromatic carbocycles. The molecule has 6 nitrogen and oxygen atoms in total. The molecule has 0 aliphatic rings. The van der Waals surface area contributed by atoms with Crippen molar-refractivity contribution in [3.63, 3.8) is 0 Å². The van der Waals surface area contributed by atoms with Gasteiger partial charge in [0.2, 0.25) is 15.9 Å². The van der Waals surface area contributed by atoms with Crippen LogP contribution in [0, 0.1) is 5.92 Å². The largest absolute Gasteiger partial charge is 0.384 e. The highest BCUT2D eigenvalue weighted by molar-refractivity contribution is 7.89. The molecule has 0 heterocycles. The number of ether oxygens (including phenoxy) is 1. The maximum atomic E-state index is 12.4. The molecule has 0 saturated heterocycles. The number of rotatable bonds is 7. The maximum absolute atomic E-state index is 12.4. The van der Waals surface area contributed by atoms with Gasteiger partial charge in [0.05, 0.1) is 17.4 Å². The second kappa shape index (κ2) is 7.90. The van der Waals surface area contributed by atoms with Crippen molar-refractivity contribution in [2.24, 2.45) is 5.92 Å². The van der Waals surface area contributed by atoms with Crippen molar-refractivity contribution in [1.29, 1.82) is 0 Å². The maximum Gasteiger partial charge on any atom is 0.243 e. The molecular weight excluding hydrogens is 316 g/mol. The Kier molecular flexibility index (Phi) is 6.73. The van der Waals surface area contributed by atoms with Crippen LogP contribution in [0.25, 0.3) is 0 Å². The number of carbonyl (C=O) groups excluding carboxylic acids is 1. The summed E-state index contributed by atoms with van der Waals surface area (Å²) in [6, 6.07) is 6.19. The number of methoxy groups -OCH3 is 1. The molecule has 0 aromatic heterocycles. The molecule has 0 aliphatic heterocycles. The zero-order chi connectivity index (χ0) is 17.8. The summed E-state index contributed by atoms with van der Waals surface area (Å²) in [5, 5.41) is 0. The minimum Gasteiger partial charge on any atom is -0.384 e. The summed E-state index contributed by atoms with van der Waals surface area (Å²) < 4.78 is 31.1. The number of hydrogen-bond acceptors (Lipinski definition) is 4. The molecule has 0 saturated carbocycles. The standard InChI is InChI=1S/C16H26N2O4S/c1-12(2)18(5)23(20,21)15-9-7-14(8-10-15)17(4)16(19)13(3)11-22-6/h7-10,12-13H,11H2,1-6H3/t13-/m1/s1. The van der Waals surface area contributed by atoms with Gasteiger partial charge in [0, 0.05) is 32.9 Å². The van der Waals surface area contributed by atoms with Gasteiger partial charge in [-0.15, -0.1) is 0 Å². The zero-order valence-electron chi connectivity index (χ0n) is 14.6. The number of carbonyl (C=O) groups is 1. The van der Waals surface area contributed by atoms with Gasteiger partial charge in [-0.1, -0.05) is 6.92 Å². The van der Waals surface area contributed by atoms with Gasteiger partial charge in [-0.05, 0) is 38.1 Å². The van der Waals surface area contributed by atoms with Crippen LogP contribution in [0.5, 0.6) is 0 Å². The Morgan fingerprint density at radius 1 is 1.13 bits per heavy atom. The van der Waals surface area contributed by atoms with Crippen LogP contribution in [0.2, 0.25) is 0 Å². The van der Waals surface area contributed by atoms with E-state index in [1.807, 2.05) is 13.8 Å². The van der Waals surface area contributed by atoms with Gasteiger partial charge in [0.15, 0.2) is 0 Å². The van der Waals surface area contributed by atoms with E-state index in [-0.39, 0.29) is 22.8 Å². The van der Waals surface area contributed by atoms with Crippen LogP contribution in [0.1, 0.15) is 20.8 Å². The third-order valence-corrected chi connectivity index (χ3v) is 5.84. The minimum absolute atomic E-state index is 0.0817. The first kappa shape index (κ1) is 19.6. The van der Waals surface area contributed by atoms with E-state index in [1.54, 1.807) is 40.3 Å². The number of anilines is 1. The molecule has 130 valence electrons. The van der Waals surface area contributed by atoms with E-state index >= 15 is 0 Å². The molecule has 1 aromatic rings. The van der Waals surface area contributed by atoms with Gasteiger partial charge in [-0.25, -0.2) is 8.42 Å². The minimum atomic E-state index is -3.52. The fourth-order valence-corrected chi connectivity index (χ4v) is 3.43. The van der Waals surface area contributed by atoms with Crippen molar-refractivity contribution < 1.29 is 17.9 Å². The highest BCUT2D eigenvalue weighted by Gasteiger charge is 2.24. The van der Waals surface area contributed by atoms with Gasteiger partial charge in [0.25, 0.3) is 0 Å². The first-order chi connectivity index (χ1) is 10.6.